The Bertz CT molecular complexity index is 1200. The Morgan fingerprint density at radius 2 is 1.78 bits per heavy atom. The van der Waals surface area contributed by atoms with Crippen molar-refractivity contribution in [2.24, 2.45) is 5.10 Å². The van der Waals surface area contributed by atoms with E-state index in [0.29, 0.717) is 17.4 Å². The second-order valence-electron chi connectivity index (χ2n) is 6.24. The first-order valence-corrected chi connectivity index (χ1v) is 8.80. The quantitative estimate of drug-likeness (QED) is 0.265. The number of hydrogen-bond donors (Lipinski definition) is 2. The lowest BCUT2D eigenvalue weighted by Crippen LogP contribution is -2.32. The van der Waals surface area contributed by atoms with Crippen LogP contribution in [0.5, 0.6) is 0 Å². The smallest absolute Gasteiger partial charge is 0.416 e. The Morgan fingerprint density at radius 1 is 1.03 bits per heavy atom. The molecule has 2 aromatic carbocycles. The molecule has 3 aromatic rings. The van der Waals surface area contributed by atoms with Gasteiger partial charge >= 0.3 is 18.0 Å². The number of halogens is 3. The molecule has 12 heteroatoms. The Labute approximate surface area is 177 Å². The third-order valence-corrected chi connectivity index (χ3v) is 3.98. The molecule has 0 spiro atoms. The van der Waals surface area contributed by atoms with E-state index in [1.54, 1.807) is 6.07 Å². The first kappa shape index (κ1) is 22.2. The molecule has 0 aliphatic rings. The van der Waals surface area contributed by atoms with Crippen molar-refractivity contribution in [1.82, 2.24) is 5.43 Å². The number of benzene rings is 2. The number of hydrogen-bond acceptors (Lipinski definition) is 6. The van der Waals surface area contributed by atoms with Crippen LogP contribution < -0.4 is 10.7 Å². The molecule has 9 nitrogen and oxygen atoms in total. The van der Waals surface area contributed by atoms with Crippen LogP contribution in [0.2, 0.25) is 0 Å². The number of rotatable bonds is 5. The van der Waals surface area contributed by atoms with Gasteiger partial charge < -0.3 is 9.73 Å². The normalized spacial score (nSPS) is 11.3. The second-order valence-corrected chi connectivity index (χ2v) is 6.24. The van der Waals surface area contributed by atoms with Crippen molar-refractivity contribution in [2.75, 3.05) is 5.32 Å². The van der Waals surface area contributed by atoms with Crippen molar-refractivity contribution < 1.29 is 32.1 Å². The molecular formula is C20H13F3N4O5. The molecule has 32 heavy (non-hydrogen) atoms. The summed E-state index contributed by atoms with van der Waals surface area (Å²) in [5.74, 6) is -1.96. The zero-order valence-corrected chi connectivity index (χ0v) is 15.9. The maximum Gasteiger partial charge on any atom is 0.416 e. The zero-order valence-electron chi connectivity index (χ0n) is 15.9. The monoisotopic (exact) mass is 446 g/mol. The van der Waals surface area contributed by atoms with Gasteiger partial charge in [0, 0.05) is 23.4 Å². The van der Waals surface area contributed by atoms with Gasteiger partial charge in [0.15, 0.2) is 0 Å². The fraction of sp³-hybridized carbons (Fsp3) is 0.0500. The molecule has 0 aliphatic carbocycles. The van der Waals surface area contributed by atoms with Gasteiger partial charge in [0.1, 0.15) is 11.5 Å². The number of nitro groups is 1. The number of carbonyl (C=O) groups is 2. The molecule has 0 unspecified atom stereocenters. The highest BCUT2D eigenvalue weighted by Gasteiger charge is 2.30. The van der Waals surface area contributed by atoms with Crippen molar-refractivity contribution in [1.29, 1.82) is 0 Å². The minimum atomic E-state index is -4.60. The lowest BCUT2D eigenvalue weighted by molar-refractivity contribution is -0.384. The SMILES string of the molecule is O=C(N/N=C\c1ccc(-c2cccc([N+](=O)[O-])c2)o1)C(=O)Nc1cccc(C(F)(F)F)c1. The molecule has 2 amide bonds. The van der Waals surface area contributed by atoms with Gasteiger partial charge in [0.25, 0.3) is 5.69 Å². The number of nitro benzene ring substituents is 1. The van der Waals surface area contributed by atoms with Crippen molar-refractivity contribution in [3.8, 4) is 11.3 Å². The van der Waals surface area contributed by atoms with E-state index in [2.05, 4.69) is 5.10 Å². The van der Waals surface area contributed by atoms with Gasteiger partial charge in [-0.1, -0.05) is 18.2 Å². The lowest BCUT2D eigenvalue weighted by Gasteiger charge is -2.09. The van der Waals surface area contributed by atoms with Gasteiger partial charge in [-0.2, -0.15) is 18.3 Å². The molecule has 1 heterocycles. The van der Waals surface area contributed by atoms with Gasteiger partial charge in [-0.05, 0) is 30.3 Å². The molecule has 0 fully saturated rings. The molecule has 3 rings (SSSR count). The van der Waals surface area contributed by atoms with E-state index in [0.717, 1.165) is 18.3 Å². The molecule has 0 saturated carbocycles. The van der Waals surface area contributed by atoms with Crippen molar-refractivity contribution in [3.63, 3.8) is 0 Å². The Balaban J connectivity index is 1.59. The first-order chi connectivity index (χ1) is 15.1. The summed E-state index contributed by atoms with van der Waals surface area (Å²) in [7, 11) is 0. The number of non-ortho nitro benzene ring substituents is 1. The van der Waals surface area contributed by atoms with Gasteiger partial charge in [-0.15, -0.1) is 0 Å². The third kappa shape index (κ3) is 5.56. The summed E-state index contributed by atoms with van der Waals surface area (Å²) in [4.78, 5) is 33.9. The number of hydrazone groups is 1. The fourth-order valence-electron chi connectivity index (χ4n) is 2.52. The van der Waals surface area contributed by atoms with Crippen molar-refractivity contribution in [2.45, 2.75) is 6.18 Å². The largest absolute Gasteiger partial charge is 0.455 e. The Kier molecular flexibility index (Phi) is 6.33. The number of amides is 2. The van der Waals surface area contributed by atoms with Crippen LogP contribution in [0.1, 0.15) is 11.3 Å². The molecule has 0 radical (unpaired) electrons. The molecule has 2 N–H and O–H groups in total. The van der Waals surface area contributed by atoms with Crippen LogP contribution in [-0.4, -0.2) is 23.0 Å². The molecule has 164 valence electrons. The van der Waals surface area contributed by atoms with Crippen LogP contribution in [-0.2, 0) is 15.8 Å². The van der Waals surface area contributed by atoms with Crippen LogP contribution in [0.3, 0.4) is 0 Å². The number of furan rings is 1. The molecule has 0 saturated heterocycles. The minimum Gasteiger partial charge on any atom is -0.455 e. The van der Waals surface area contributed by atoms with Gasteiger partial charge in [0.05, 0.1) is 16.7 Å². The number of alkyl halides is 3. The summed E-state index contributed by atoms with van der Waals surface area (Å²) in [5, 5.41) is 16.4. The number of anilines is 1. The Hall–Kier alpha value is -4.48. The van der Waals surface area contributed by atoms with E-state index in [4.69, 9.17) is 4.42 Å². The summed E-state index contributed by atoms with van der Waals surface area (Å²) in [6, 6.07) is 12.5. The maximum absolute atomic E-state index is 12.7. The predicted octanol–water partition coefficient (Wildman–Crippen LogP) is 3.96. The first-order valence-electron chi connectivity index (χ1n) is 8.80. The van der Waals surface area contributed by atoms with E-state index in [1.165, 1.54) is 36.4 Å². The van der Waals surface area contributed by atoms with E-state index < -0.39 is 28.5 Å². The number of carbonyl (C=O) groups excluding carboxylic acids is 2. The summed E-state index contributed by atoms with van der Waals surface area (Å²) < 4.78 is 43.6. The molecule has 1 aromatic heterocycles. The van der Waals surface area contributed by atoms with Crippen LogP contribution >= 0.6 is 0 Å². The minimum absolute atomic E-state index is 0.117. The summed E-state index contributed by atoms with van der Waals surface area (Å²) in [5.41, 5.74) is 1.05. The third-order valence-electron chi connectivity index (χ3n) is 3.98. The second kappa shape index (κ2) is 9.12. The van der Waals surface area contributed by atoms with E-state index in [-0.39, 0.29) is 17.1 Å². The van der Waals surface area contributed by atoms with E-state index in [9.17, 15) is 32.9 Å². The average Bonchev–Trinajstić information content (AvgIpc) is 3.22. The van der Waals surface area contributed by atoms with Gasteiger partial charge in [-0.25, -0.2) is 5.43 Å². The van der Waals surface area contributed by atoms with Gasteiger partial charge in [-0.3, -0.25) is 19.7 Å². The molecule has 0 bridgehead atoms. The highest BCUT2D eigenvalue weighted by molar-refractivity contribution is 6.39. The van der Waals surface area contributed by atoms with Crippen LogP contribution in [0.15, 0.2) is 70.2 Å². The fourth-order valence-corrected chi connectivity index (χ4v) is 2.52. The Morgan fingerprint density at radius 3 is 2.50 bits per heavy atom. The van der Waals surface area contributed by atoms with Gasteiger partial charge in [0.2, 0.25) is 0 Å². The average molecular weight is 446 g/mol. The van der Waals surface area contributed by atoms with E-state index >= 15 is 0 Å². The lowest BCUT2D eigenvalue weighted by atomic mass is 10.1. The topological polar surface area (TPSA) is 127 Å². The van der Waals surface area contributed by atoms with Crippen molar-refractivity contribution in [3.05, 3.63) is 82.1 Å². The number of nitrogens with one attached hydrogen (secondary N) is 2. The van der Waals surface area contributed by atoms with Crippen LogP contribution in [0.4, 0.5) is 24.5 Å². The zero-order chi connectivity index (χ0) is 23.3. The summed E-state index contributed by atoms with van der Waals surface area (Å²) >= 11 is 0. The highest BCUT2D eigenvalue weighted by atomic mass is 19.4. The predicted molar refractivity (Wildman–Crippen MR) is 107 cm³/mol. The van der Waals surface area contributed by atoms with Crippen LogP contribution in [0, 0.1) is 10.1 Å². The molecule has 0 aliphatic heterocycles. The van der Waals surface area contributed by atoms with E-state index in [1.807, 2.05) is 10.7 Å². The standard InChI is InChI=1S/C20H13F3N4O5/c21-20(22,23)13-4-2-5-14(10-13)25-18(28)19(29)26-24-11-16-7-8-17(32-16)12-3-1-6-15(9-12)27(30)31/h1-11H,(H,25,28)(H,26,29)/b24-11-. The highest BCUT2D eigenvalue weighted by Crippen LogP contribution is 2.30. The maximum atomic E-state index is 12.7. The summed E-state index contributed by atoms with van der Waals surface area (Å²) in [6.07, 6.45) is -3.52. The molecule has 0 atom stereocenters. The number of nitrogens with zero attached hydrogens (tertiary/aromatic N) is 2. The van der Waals surface area contributed by atoms with Crippen LogP contribution in [0.25, 0.3) is 11.3 Å². The van der Waals surface area contributed by atoms with Crippen molar-refractivity contribution >= 4 is 29.4 Å². The summed E-state index contributed by atoms with van der Waals surface area (Å²) in [6.45, 7) is 0. The molecular weight excluding hydrogens is 433 g/mol.